The number of aromatic nitrogens is 3. The second kappa shape index (κ2) is 6.96. The summed E-state index contributed by atoms with van der Waals surface area (Å²) in [6, 6.07) is 21.7. The number of nitrogens with zero attached hydrogens (tertiary/aromatic N) is 3. The number of anilines is 1. The van der Waals surface area contributed by atoms with Gasteiger partial charge in [-0.15, -0.1) is 0 Å². The molecule has 0 saturated heterocycles. The predicted octanol–water partition coefficient (Wildman–Crippen LogP) is 5.63. The predicted molar refractivity (Wildman–Crippen MR) is 116 cm³/mol. The molecule has 7 heteroatoms. The molecule has 31 heavy (non-hydrogen) atoms. The van der Waals surface area contributed by atoms with E-state index in [1.165, 1.54) is 18.5 Å². The zero-order valence-corrected chi connectivity index (χ0v) is 16.9. The summed E-state index contributed by atoms with van der Waals surface area (Å²) >= 11 is 6.33. The number of nitrogens with one attached hydrogen (secondary N) is 1. The molecule has 152 valence electrons. The van der Waals surface area contributed by atoms with Gasteiger partial charge in [0, 0.05) is 16.2 Å². The van der Waals surface area contributed by atoms with Crippen LogP contribution in [0.15, 0.2) is 84.7 Å². The Bertz CT molecular complexity index is 1320. The van der Waals surface area contributed by atoms with Crippen LogP contribution in [0.1, 0.15) is 28.8 Å². The monoisotopic (exact) mass is 430 g/mol. The summed E-state index contributed by atoms with van der Waals surface area (Å²) in [6.45, 7) is 0. The molecule has 3 aromatic carbocycles. The van der Waals surface area contributed by atoms with E-state index in [1.807, 2.05) is 48.5 Å². The van der Waals surface area contributed by atoms with Gasteiger partial charge in [0.2, 0.25) is 5.95 Å². The lowest BCUT2D eigenvalue weighted by Gasteiger charge is -2.39. The van der Waals surface area contributed by atoms with Crippen molar-refractivity contribution < 1.29 is 9.13 Å². The first kappa shape index (κ1) is 18.2. The summed E-state index contributed by atoms with van der Waals surface area (Å²) in [7, 11) is 0. The number of rotatable bonds is 2. The molecule has 3 heterocycles. The van der Waals surface area contributed by atoms with Gasteiger partial charge in [-0.25, -0.2) is 9.07 Å². The summed E-state index contributed by atoms with van der Waals surface area (Å²) in [5.74, 6) is 1.05. The maximum atomic E-state index is 13.7. The number of fused-ring (bicyclic) bond motifs is 3. The van der Waals surface area contributed by atoms with Gasteiger partial charge in [0.25, 0.3) is 0 Å². The standard InChI is InChI=1S/C24H16ClFN4O/c25-16-8-11-19-18(12-16)21-20(23(31-19)15-4-2-1-3-5-15)22(14-6-9-17(26)10-7-14)30-24(29-21)27-13-28-30/h1-13,22-23H,(H,27,28,29)/t22-,23+/m1/s1. The lowest BCUT2D eigenvalue weighted by molar-refractivity contribution is 0.223. The van der Waals surface area contributed by atoms with Crippen molar-refractivity contribution in [2.45, 2.75) is 12.1 Å². The average molecular weight is 431 g/mol. The third-order valence-corrected chi connectivity index (χ3v) is 5.90. The van der Waals surface area contributed by atoms with Crippen LogP contribution >= 0.6 is 11.6 Å². The van der Waals surface area contributed by atoms with Gasteiger partial charge in [-0.2, -0.15) is 10.1 Å². The first-order valence-electron chi connectivity index (χ1n) is 9.86. The van der Waals surface area contributed by atoms with Crippen molar-refractivity contribution in [3.8, 4) is 5.75 Å². The number of ether oxygens (including phenoxy) is 1. The molecule has 0 unspecified atom stereocenters. The summed E-state index contributed by atoms with van der Waals surface area (Å²) in [5, 5.41) is 8.50. The second-order valence-electron chi connectivity index (χ2n) is 7.49. The normalized spacial score (nSPS) is 19.0. The SMILES string of the molecule is Fc1ccc([C@@H]2C3=C(Nc4ncnn42)c2cc(Cl)ccc2O[C@H]3c2ccccc2)cc1. The Hall–Kier alpha value is -3.64. The topological polar surface area (TPSA) is 52.0 Å². The van der Waals surface area contributed by atoms with E-state index in [9.17, 15) is 4.39 Å². The van der Waals surface area contributed by atoms with Crippen molar-refractivity contribution in [3.05, 3.63) is 112 Å². The summed E-state index contributed by atoms with van der Waals surface area (Å²) < 4.78 is 22.0. The van der Waals surface area contributed by atoms with Crippen LogP contribution in [0.4, 0.5) is 10.3 Å². The molecule has 0 bridgehead atoms. The Morgan fingerprint density at radius 3 is 2.58 bits per heavy atom. The number of hydrogen-bond donors (Lipinski definition) is 1. The Morgan fingerprint density at radius 2 is 1.77 bits per heavy atom. The van der Waals surface area contributed by atoms with E-state index in [-0.39, 0.29) is 18.0 Å². The maximum absolute atomic E-state index is 13.7. The van der Waals surface area contributed by atoms with Crippen molar-refractivity contribution >= 4 is 23.2 Å². The molecule has 0 radical (unpaired) electrons. The smallest absolute Gasteiger partial charge is 0.226 e. The van der Waals surface area contributed by atoms with E-state index in [1.54, 1.807) is 16.8 Å². The lowest BCUT2D eigenvalue weighted by Crippen LogP contribution is -2.32. The number of hydrogen-bond acceptors (Lipinski definition) is 4. The highest BCUT2D eigenvalue weighted by atomic mass is 35.5. The largest absolute Gasteiger partial charge is 0.480 e. The molecular weight excluding hydrogens is 415 g/mol. The Kier molecular flexibility index (Phi) is 4.07. The molecule has 2 aliphatic heterocycles. The van der Waals surface area contributed by atoms with E-state index in [0.29, 0.717) is 11.0 Å². The van der Waals surface area contributed by atoms with E-state index < -0.39 is 0 Å². The van der Waals surface area contributed by atoms with Crippen LogP contribution in [-0.2, 0) is 0 Å². The maximum Gasteiger partial charge on any atom is 0.226 e. The van der Waals surface area contributed by atoms with Gasteiger partial charge in [0.05, 0.1) is 5.70 Å². The molecule has 0 fully saturated rings. The molecule has 6 rings (SSSR count). The van der Waals surface area contributed by atoms with Crippen LogP contribution in [0.5, 0.6) is 5.75 Å². The molecule has 2 aliphatic rings. The molecule has 1 aromatic heterocycles. The van der Waals surface area contributed by atoms with Crippen LogP contribution in [0.3, 0.4) is 0 Å². The van der Waals surface area contributed by atoms with Crippen molar-refractivity contribution in [1.29, 1.82) is 0 Å². The molecule has 0 spiro atoms. The van der Waals surface area contributed by atoms with Gasteiger partial charge >= 0.3 is 0 Å². The molecule has 0 aliphatic carbocycles. The van der Waals surface area contributed by atoms with E-state index in [4.69, 9.17) is 16.3 Å². The zero-order chi connectivity index (χ0) is 20.9. The lowest BCUT2D eigenvalue weighted by atomic mass is 9.84. The number of benzene rings is 3. The highest BCUT2D eigenvalue weighted by Gasteiger charge is 2.40. The third kappa shape index (κ3) is 2.91. The zero-order valence-electron chi connectivity index (χ0n) is 16.2. The first-order valence-corrected chi connectivity index (χ1v) is 10.2. The van der Waals surface area contributed by atoms with Crippen LogP contribution < -0.4 is 10.1 Å². The van der Waals surface area contributed by atoms with Gasteiger partial charge in [-0.3, -0.25) is 0 Å². The summed E-state index contributed by atoms with van der Waals surface area (Å²) in [6.07, 6.45) is 1.14. The quantitative estimate of drug-likeness (QED) is 0.447. The minimum absolute atomic E-state index is 0.290. The molecule has 4 aromatic rings. The van der Waals surface area contributed by atoms with Crippen LogP contribution in [0.2, 0.25) is 5.02 Å². The van der Waals surface area contributed by atoms with E-state index in [0.717, 1.165) is 33.7 Å². The van der Waals surface area contributed by atoms with Crippen LogP contribution in [0.25, 0.3) is 5.70 Å². The van der Waals surface area contributed by atoms with Crippen molar-refractivity contribution in [2.75, 3.05) is 5.32 Å². The van der Waals surface area contributed by atoms with Gasteiger partial charge < -0.3 is 10.1 Å². The number of halogens is 2. The van der Waals surface area contributed by atoms with Crippen molar-refractivity contribution in [2.24, 2.45) is 0 Å². The molecule has 0 amide bonds. The van der Waals surface area contributed by atoms with Crippen molar-refractivity contribution in [1.82, 2.24) is 14.8 Å². The molecule has 1 N–H and O–H groups in total. The summed E-state index contributed by atoms with van der Waals surface area (Å²) in [5.41, 5.74) is 4.60. The van der Waals surface area contributed by atoms with Gasteiger partial charge in [0.15, 0.2) is 0 Å². The molecular formula is C24H16ClFN4O. The average Bonchev–Trinajstić information content (AvgIpc) is 3.27. The van der Waals surface area contributed by atoms with E-state index >= 15 is 0 Å². The Balaban J connectivity index is 1.64. The molecule has 2 atom stereocenters. The Morgan fingerprint density at radius 1 is 0.968 bits per heavy atom. The van der Waals surface area contributed by atoms with Crippen LogP contribution in [-0.4, -0.2) is 14.8 Å². The fourth-order valence-electron chi connectivity index (χ4n) is 4.31. The first-order chi connectivity index (χ1) is 15.2. The minimum Gasteiger partial charge on any atom is -0.480 e. The molecule has 0 saturated carbocycles. The third-order valence-electron chi connectivity index (χ3n) is 5.66. The molecule has 5 nitrogen and oxygen atoms in total. The Labute approximate surface area is 182 Å². The minimum atomic E-state index is -0.371. The second-order valence-corrected chi connectivity index (χ2v) is 7.92. The van der Waals surface area contributed by atoms with Gasteiger partial charge in [0.1, 0.15) is 30.0 Å². The van der Waals surface area contributed by atoms with E-state index in [2.05, 4.69) is 15.4 Å². The fourth-order valence-corrected chi connectivity index (χ4v) is 4.48. The van der Waals surface area contributed by atoms with Gasteiger partial charge in [-0.05, 0) is 41.5 Å². The van der Waals surface area contributed by atoms with Gasteiger partial charge in [-0.1, -0.05) is 54.1 Å². The van der Waals surface area contributed by atoms with Crippen molar-refractivity contribution in [3.63, 3.8) is 0 Å². The van der Waals surface area contributed by atoms with Crippen LogP contribution in [0, 0.1) is 5.82 Å². The highest BCUT2D eigenvalue weighted by Crippen LogP contribution is 2.50. The fraction of sp³-hybridized carbons (Fsp3) is 0.0833. The highest BCUT2D eigenvalue weighted by molar-refractivity contribution is 6.30. The summed E-state index contributed by atoms with van der Waals surface area (Å²) in [4.78, 5) is 4.39.